The molecule has 0 bridgehead atoms. The number of carbonyl (C=O) groups excluding carboxylic acids is 1. The average Bonchev–Trinajstić information content (AvgIpc) is 3.22. The number of piperidine rings is 1. The van der Waals surface area contributed by atoms with E-state index in [1.807, 2.05) is 35.0 Å². The molecular formula is C20H28N6O. The highest BCUT2D eigenvalue weighted by molar-refractivity contribution is 5.77. The summed E-state index contributed by atoms with van der Waals surface area (Å²) in [6, 6.07) is 1.94. The number of nitrogens with zero attached hydrogens (tertiary/aromatic N) is 6. The fraction of sp³-hybridized carbons (Fsp3) is 0.600. The van der Waals surface area contributed by atoms with Gasteiger partial charge in [-0.2, -0.15) is 5.10 Å². The fourth-order valence-electron chi connectivity index (χ4n) is 4.14. The van der Waals surface area contributed by atoms with E-state index < -0.39 is 0 Å². The summed E-state index contributed by atoms with van der Waals surface area (Å²) in [4.78, 5) is 26.9. The second-order valence-electron chi connectivity index (χ2n) is 7.83. The van der Waals surface area contributed by atoms with Crippen molar-refractivity contribution in [3.63, 3.8) is 0 Å². The number of amides is 1. The van der Waals surface area contributed by atoms with Crippen molar-refractivity contribution in [3.05, 3.63) is 41.7 Å². The SMILES string of the molecule is C[C@@H](CC(=O)N1CCCC[C@@H]1c1ncc2c(n1)CCN(C)C2)n1cccn1. The minimum absolute atomic E-state index is 0.000951. The molecule has 144 valence electrons. The fourth-order valence-corrected chi connectivity index (χ4v) is 4.14. The van der Waals surface area contributed by atoms with E-state index in [9.17, 15) is 4.79 Å². The smallest absolute Gasteiger partial charge is 0.225 e. The summed E-state index contributed by atoms with van der Waals surface area (Å²) in [5.74, 6) is 0.988. The lowest BCUT2D eigenvalue weighted by molar-refractivity contribution is -0.136. The lowest BCUT2D eigenvalue weighted by atomic mass is 9.99. The summed E-state index contributed by atoms with van der Waals surface area (Å²) in [6.45, 7) is 4.76. The summed E-state index contributed by atoms with van der Waals surface area (Å²) in [6.07, 6.45) is 10.2. The molecule has 7 nitrogen and oxygen atoms in total. The Balaban J connectivity index is 1.51. The van der Waals surface area contributed by atoms with Crippen LogP contribution in [0.4, 0.5) is 0 Å². The molecule has 2 aromatic heterocycles. The number of likely N-dealkylation sites (tertiary alicyclic amines) is 1. The largest absolute Gasteiger partial charge is 0.332 e. The molecule has 2 aliphatic heterocycles. The third-order valence-corrected chi connectivity index (χ3v) is 5.71. The van der Waals surface area contributed by atoms with Gasteiger partial charge in [0.1, 0.15) is 0 Å². The molecule has 0 radical (unpaired) electrons. The van der Waals surface area contributed by atoms with E-state index in [1.54, 1.807) is 6.20 Å². The molecule has 27 heavy (non-hydrogen) atoms. The zero-order chi connectivity index (χ0) is 18.8. The van der Waals surface area contributed by atoms with Gasteiger partial charge in [0.05, 0.1) is 12.1 Å². The van der Waals surface area contributed by atoms with Crippen LogP contribution < -0.4 is 0 Å². The zero-order valence-corrected chi connectivity index (χ0v) is 16.2. The van der Waals surface area contributed by atoms with E-state index >= 15 is 0 Å². The first-order chi connectivity index (χ1) is 13.1. The number of hydrogen-bond donors (Lipinski definition) is 0. The molecule has 2 aromatic rings. The molecule has 1 amide bonds. The molecule has 4 heterocycles. The first-order valence-corrected chi connectivity index (χ1v) is 9.93. The van der Waals surface area contributed by atoms with Crippen LogP contribution in [0, 0.1) is 0 Å². The molecular weight excluding hydrogens is 340 g/mol. The van der Waals surface area contributed by atoms with Gasteiger partial charge in [-0.15, -0.1) is 0 Å². The predicted octanol–water partition coefficient (Wildman–Crippen LogP) is 2.37. The summed E-state index contributed by atoms with van der Waals surface area (Å²) < 4.78 is 1.85. The number of rotatable bonds is 4. The van der Waals surface area contributed by atoms with Gasteiger partial charge in [0.2, 0.25) is 5.91 Å². The van der Waals surface area contributed by atoms with Crippen LogP contribution >= 0.6 is 0 Å². The van der Waals surface area contributed by atoms with Crippen molar-refractivity contribution in [2.75, 3.05) is 20.1 Å². The average molecular weight is 368 g/mol. The molecule has 0 N–H and O–H groups in total. The first kappa shape index (κ1) is 18.1. The molecule has 0 unspecified atom stereocenters. The molecule has 1 fully saturated rings. The third-order valence-electron chi connectivity index (χ3n) is 5.71. The van der Waals surface area contributed by atoms with Crippen LogP contribution in [0.25, 0.3) is 0 Å². The van der Waals surface area contributed by atoms with Crippen LogP contribution in [-0.4, -0.2) is 55.6 Å². The van der Waals surface area contributed by atoms with Crippen LogP contribution in [0.15, 0.2) is 24.7 Å². The highest BCUT2D eigenvalue weighted by Crippen LogP contribution is 2.31. The predicted molar refractivity (Wildman–Crippen MR) is 102 cm³/mol. The molecule has 2 aliphatic rings. The Morgan fingerprint density at radius 2 is 2.22 bits per heavy atom. The van der Waals surface area contributed by atoms with Crippen molar-refractivity contribution in [1.82, 2.24) is 29.5 Å². The molecule has 7 heteroatoms. The van der Waals surface area contributed by atoms with E-state index in [-0.39, 0.29) is 18.0 Å². The number of aromatic nitrogens is 4. The Labute approximate surface area is 160 Å². The Kier molecular flexibility index (Phi) is 5.20. The molecule has 4 rings (SSSR count). The first-order valence-electron chi connectivity index (χ1n) is 9.93. The Hall–Kier alpha value is -2.28. The maximum atomic E-state index is 13.0. The van der Waals surface area contributed by atoms with Crippen LogP contribution in [0.1, 0.15) is 61.8 Å². The topological polar surface area (TPSA) is 67.2 Å². The monoisotopic (exact) mass is 368 g/mol. The second-order valence-corrected chi connectivity index (χ2v) is 7.83. The summed E-state index contributed by atoms with van der Waals surface area (Å²) in [5, 5.41) is 4.26. The summed E-state index contributed by atoms with van der Waals surface area (Å²) in [5.41, 5.74) is 2.37. The van der Waals surface area contributed by atoms with E-state index in [2.05, 4.69) is 22.0 Å². The van der Waals surface area contributed by atoms with E-state index in [4.69, 9.17) is 4.98 Å². The number of carbonyl (C=O) groups is 1. The van der Waals surface area contributed by atoms with Gasteiger partial charge in [-0.1, -0.05) is 0 Å². The van der Waals surface area contributed by atoms with E-state index in [0.29, 0.717) is 6.42 Å². The maximum absolute atomic E-state index is 13.0. The van der Waals surface area contributed by atoms with E-state index in [1.165, 1.54) is 5.56 Å². The minimum Gasteiger partial charge on any atom is -0.332 e. The van der Waals surface area contributed by atoms with Gasteiger partial charge in [0, 0.05) is 62.3 Å². The highest BCUT2D eigenvalue weighted by Gasteiger charge is 2.31. The molecule has 2 atom stereocenters. The highest BCUT2D eigenvalue weighted by atomic mass is 16.2. The van der Waals surface area contributed by atoms with Crippen molar-refractivity contribution in [3.8, 4) is 0 Å². The van der Waals surface area contributed by atoms with Gasteiger partial charge < -0.3 is 9.80 Å². The van der Waals surface area contributed by atoms with Crippen LogP contribution in [0.5, 0.6) is 0 Å². The Bertz CT molecular complexity index is 790. The van der Waals surface area contributed by atoms with Gasteiger partial charge in [-0.05, 0) is 39.3 Å². The molecule has 0 spiro atoms. The molecule has 0 aromatic carbocycles. The molecule has 0 aliphatic carbocycles. The Morgan fingerprint density at radius 3 is 3.04 bits per heavy atom. The van der Waals surface area contributed by atoms with Gasteiger partial charge in [0.15, 0.2) is 5.82 Å². The normalized spacial score (nSPS) is 21.7. The van der Waals surface area contributed by atoms with Crippen molar-refractivity contribution in [2.24, 2.45) is 0 Å². The van der Waals surface area contributed by atoms with Crippen LogP contribution in [-0.2, 0) is 17.8 Å². The number of likely N-dealkylation sites (N-methyl/N-ethyl adjacent to an activating group) is 1. The van der Waals surface area contributed by atoms with Crippen LogP contribution in [0.3, 0.4) is 0 Å². The van der Waals surface area contributed by atoms with Crippen molar-refractivity contribution < 1.29 is 4.79 Å². The lowest BCUT2D eigenvalue weighted by Gasteiger charge is -2.36. The van der Waals surface area contributed by atoms with Gasteiger partial charge in [-0.25, -0.2) is 9.97 Å². The summed E-state index contributed by atoms with van der Waals surface area (Å²) >= 11 is 0. The molecule has 1 saturated heterocycles. The lowest BCUT2D eigenvalue weighted by Crippen LogP contribution is -2.40. The van der Waals surface area contributed by atoms with Crippen molar-refractivity contribution in [1.29, 1.82) is 0 Å². The third kappa shape index (κ3) is 3.88. The standard InChI is InChI=1S/C20H28N6O/c1-15(26-10-5-8-22-26)12-19(27)25-9-4-3-6-18(25)20-21-13-16-14-24(2)11-7-17(16)23-20/h5,8,10,13,15,18H,3-4,6-7,9,11-12,14H2,1-2H3/t15-,18+/m0/s1. The Morgan fingerprint density at radius 1 is 1.33 bits per heavy atom. The minimum atomic E-state index is 0.000951. The van der Waals surface area contributed by atoms with Crippen LogP contribution in [0.2, 0.25) is 0 Å². The summed E-state index contributed by atoms with van der Waals surface area (Å²) in [7, 11) is 2.12. The van der Waals surface area contributed by atoms with Gasteiger partial charge in [0.25, 0.3) is 0 Å². The maximum Gasteiger partial charge on any atom is 0.225 e. The quantitative estimate of drug-likeness (QED) is 0.829. The van der Waals surface area contributed by atoms with Gasteiger partial charge >= 0.3 is 0 Å². The van der Waals surface area contributed by atoms with Crippen molar-refractivity contribution >= 4 is 5.91 Å². The zero-order valence-electron chi connectivity index (χ0n) is 16.2. The second kappa shape index (κ2) is 7.76. The number of fused-ring (bicyclic) bond motifs is 1. The van der Waals surface area contributed by atoms with E-state index in [0.717, 1.165) is 56.8 Å². The van der Waals surface area contributed by atoms with Crippen molar-refractivity contribution in [2.45, 2.75) is 57.7 Å². The molecule has 0 saturated carbocycles. The number of hydrogen-bond acceptors (Lipinski definition) is 5. The van der Waals surface area contributed by atoms with Gasteiger partial charge in [-0.3, -0.25) is 9.48 Å².